The molecule has 1 amide bonds. The largest absolute Gasteiger partial charge is 0.496 e. The molecular weight excluding hydrogens is 457 g/mol. The van der Waals surface area contributed by atoms with Gasteiger partial charge in [0.2, 0.25) is 10.0 Å². The lowest BCUT2D eigenvalue weighted by atomic mass is 10.1. The van der Waals surface area contributed by atoms with Crippen LogP contribution in [0.3, 0.4) is 0 Å². The van der Waals surface area contributed by atoms with Crippen LogP contribution in [0.25, 0.3) is 0 Å². The third-order valence-electron chi connectivity index (χ3n) is 5.68. The van der Waals surface area contributed by atoms with Gasteiger partial charge in [-0.1, -0.05) is 31.0 Å². The summed E-state index contributed by atoms with van der Waals surface area (Å²) in [5.41, 5.74) is -0.914. The number of hydrogen-bond acceptors (Lipinski definition) is 4. The molecule has 0 radical (unpaired) electrons. The van der Waals surface area contributed by atoms with E-state index in [-0.39, 0.29) is 28.3 Å². The number of halogens is 3. The van der Waals surface area contributed by atoms with Crippen LogP contribution in [0.15, 0.2) is 47.4 Å². The Morgan fingerprint density at radius 3 is 2.30 bits per heavy atom. The third-order valence-corrected chi connectivity index (χ3v) is 7.58. The summed E-state index contributed by atoms with van der Waals surface area (Å²) >= 11 is 0. The average molecular weight is 485 g/mol. The quantitative estimate of drug-likeness (QED) is 0.603. The van der Waals surface area contributed by atoms with Gasteiger partial charge in [0, 0.05) is 26.7 Å². The first-order valence-corrected chi connectivity index (χ1v) is 12.1. The number of carbonyl (C=O) groups excluding carboxylic acids is 1. The molecule has 0 saturated carbocycles. The standard InChI is InChI=1S/C23H27F3N2O4S/c1-27(16-17-9-5-6-10-20(17)23(24,25)26)22(29)19-15-18(11-12-21(19)32-2)33(30,31)28-13-7-3-4-8-14-28/h5-6,9-12,15H,3-4,7-8,13-14,16H2,1-2H3. The first-order valence-electron chi connectivity index (χ1n) is 10.6. The van der Waals surface area contributed by atoms with Crippen molar-refractivity contribution in [3.05, 3.63) is 59.2 Å². The molecule has 1 fully saturated rings. The molecule has 1 aliphatic rings. The summed E-state index contributed by atoms with van der Waals surface area (Å²) in [6, 6.07) is 9.05. The zero-order chi connectivity index (χ0) is 24.2. The second kappa shape index (κ2) is 10.1. The number of nitrogens with zero attached hydrogens (tertiary/aromatic N) is 2. The maximum atomic E-state index is 13.3. The average Bonchev–Trinajstić information content (AvgIpc) is 3.08. The van der Waals surface area contributed by atoms with Crippen molar-refractivity contribution < 1.29 is 31.1 Å². The smallest absolute Gasteiger partial charge is 0.416 e. The maximum Gasteiger partial charge on any atom is 0.416 e. The number of benzene rings is 2. The number of alkyl halides is 3. The lowest BCUT2D eigenvalue weighted by Crippen LogP contribution is -2.32. The van der Waals surface area contributed by atoms with Gasteiger partial charge in [0.25, 0.3) is 5.91 Å². The Balaban J connectivity index is 1.91. The van der Waals surface area contributed by atoms with Crippen LogP contribution in [0.4, 0.5) is 13.2 Å². The summed E-state index contributed by atoms with van der Waals surface area (Å²) < 4.78 is 73.0. The van der Waals surface area contributed by atoms with E-state index < -0.39 is 27.7 Å². The molecule has 0 spiro atoms. The number of sulfonamides is 1. The van der Waals surface area contributed by atoms with E-state index in [1.54, 1.807) is 0 Å². The molecule has 180 valence electrons. The van der Waals surface area contributed by atoms with E-state index in [2.05, 4.69) is 0 Å². The molecule has 0 aliphatic carbocycles. The Labute approximate surface area is 192 Å². The van der Waals surface area contributed by atoms with E-state index in [0.29, 0.717) is 13.1 Å². The van der Waals surface area contributed by atoms with Crippen molar-refractivity contribution in [3.8, 4) is 5.75 Å². The monoisotopic (exact) mass is 484 g/mol. The third kappa shape index (κ3) is 5.67. The van der Waals surface area contributed by atoms with Crippen LogP contribution in [-0.4, -0.2) is 50.8 Å². The van der Waals surface area contributed by atoms with Crippen molar-refractivity contribution in [1.82, 2.24) is 9.21 Å². The lowest BCUT2D eigenvalue weighted by Gasteiger charge is -2.23. The molecule has 0 aromatic heterocycles. The van der Waals surface area contributed by atoms with E-state index in [9.17, 15) is 26.4 Å². The number of hydrogen-bond donors (Lipinski definition) is 0. The molecule has 2 aromatic rings. The van der Waals surface area contributed by atoms with Gasteiger partial charge in [0.15, 0.2) is 0 Å². The fraction of sp³-hybridized carbons (Fsp3) is 0.435. The number of amides is 1. The van der Waals surface area contributed by atoms with Gasteiger partial charge in [-0.15, -0.1) is 0 Å². The van der Waals surface area contributed by atoms with Crippen LogP contribution in [0, 0.1) is 0 Å². The minimum absolute atomic E-state index is 0.0274. The highest BCUT2D eigenvalue weighted by molar-refractivity contribution is 7.89. The van der Waals surface area contributed by atoms with Crippen LogP contribution in [0.2, 0.25) is 0 Å². The normalized spacial score (nSPS) is 15.7. The van der Waals surface area contributed by atoms with Crippen molar-refractivity contribution in [3.63, 3.8) is 0 Å². The van der Waals surface area contributed by atoms with Crippen LogP contribution in [0.5, 0.6) is 5.75 Å². The second-order valence-corrected chi connectivity index (χ2v) is 9.93. The summed E-state index contributed by atoms with van der Waals surface area (Å²) in [4.78, 5) is 14.2. The molecule has 2 aromatic carbocycles. The van der Waals surface area contributed by atoms with Crippen molar-refractivity contribution in [1.29, 1.82) is 0 Å². The van der Waals surface area contributed by atoms with Gasteiger partial charge in [0.1, 0.15) is 5.75 Å². The predicted molar refractivity (Wildman–Crippen MR) is 117 cm³/mol. The first kappa shape index (κ1) is 25.0. The summed E-state index contributed by atoms with van der Waals surface area (Å²) in [5.74, 6) is -0.498. The highest BCUT2D eigenvalue weighted by Crippen LogP contribution is 2.33. The zero-order valence-electron chi connectivity index (χ0n) is 18.6. The van der Waals surface area contributed by atoms with Crippen LogP contribution in [-0.2, 0) is 22.7 Å². The SMILES string of the molecule is COc1ccc(S(=O)(=O)N2CCCCCC2)cc1C(=O)N(C)Cc1ccccc1C(F)(F)F. The van der Waals surface area contributed by atoms with Gasteiger partial charge >= 0.3 is 6.18 Å². The Hall–Kier alpha value is -2.59. The highest BCUT2D eigenvalue weighted by Gasteiger charge is 2.34. The van der Waals surface area contributed by atoms with E-state index in [0.717, 1.165) is 36.6 Å². The molecule has 1 aliphatic heterocycles. The second-order valence-electron chi connectivity index (χ2n) is 8.00. The molecule has 10 heteroatoms. The maximum absolute atomic E-state index is 13.3. The topological polar surface area (TPSA) is 66.9 Å². The molecule has 33 heavy (non-hydrogen) atoms. The molecule has 3 rings (SSSR count). The summed E-state index contributed by atoms with van der Waals surface area (Å²) in [6.45, 7) is 0.512. The number of rotatable bonds is 6. The van der Waals surface area contributed by atoms with E-state index in [4.69, 9.17) is 4.74 Å². The molecule has 0 N–H and O–H groups in total. The molecule has 1 heterocycles. The van der Waals surface area contributed by atoms with Gasteiger partial charge in [-0.2, -0.15) is 17.5 Å². The van der Waals surface area contributed by atoms with Crippen LogP contribution < -0.4 is 4.74 Å². The number of ether oxygens (including phenoxy) is 1. The minimum Gasteiger partial charge on any atom is -0.496 e. The first-order chi connectivity index (χ1) is 15.6. The van der Waals surface area contributed by atoms with E-state index in [1.165, 1.54) is 54.9 Å². The molecule has 0 unspecified atom stereocenters. The van der Waals surface area contributed by atoms with Crippen molar-refractivity contribution in [2.45, 2.75) is 43.3 Å². The Kier molecular flexibility index (Phi) is 7.69. The minimum atomic E-state index is -4.56. The van der Waals surface area contributed by atoms with Crippen molar-refractivity contribution in [2.24, 2.45) is 0 Å². The van der Waals surface area contributed by atoms with E-state index in [1.807, 2.05) is 0 Å². The zero-order valence-corrected chi connectivity index (χ0v) is 19.4. The van der Waals surface area contributed by atoms with Gasteiger partial charge in [-0.05, 0) is 42.7 Å². The van der Waals surface area contributed by atoms with Crippen molar-refractivity contribution in [2.75, 3.05) is 27.2 Å². The molecule has 0 atom stereocenters. The van der Waals surface area contributed by atoms with Gasteiger partial charge in [-0.3, -0.25) is 4.79 Å². The van der Waals surface area contributed by atoms with Gasteiger partial charge in [0.05, 0.1) is 23.1 Å². The number of methoxy groups -OCH3 is 1. The van der Waals surface area contributed by atoms with Crippen LogP contribution >= 0.6 is 0 Å². The summed E-state index contributed by atoms with van der Waals surface area (Å²) in [5, 5.41) is 0. The predicted octanol–water partition coefficient (Wildman–Crippen LogP) is 4.55. The molecular formula is C23H27F3N2O4S. The molecule has 0 bridgehead atoms. The Morgan fingerprint density at radius 2 is 1.70 bits per heavy atom. The number of carbonyl (C=O) groups is 1. The Morgan fingerprint density at radius 1 is 1.06 bits per heavy atom. The summed E-state index contributed by atoms with van der Waals surface area (Å²) in [6.07, 6.45) is -1.10. The fourth-order valence-electron chi connectivity index (χ4n) is 3.91. The Bertz CT molecular complexity index is 1100. The molecule has 6 nitrogen and oxygen atoms in total. The molecule has 1 saturated heterocycles. The lowest BCUT2D eigenvalue weighted by molar-refractivity contribution is -0.138. The van der Waals surface area contributed by atoms with Gasteiger partial charge < -0.3 is 9.64 Å². The van der Waals surface area contributed by atoms with Gasteiger partial charge in [-0.25, -0.2) is 8.42 Å². The van der Waals surface area contributed by atoms with Crippen molar-refractivity contribution >= 4 is 15.9 Å². The van der Waals surface area contributed by atoms with E-state index >= 15 is 0 Å². The highest BCUT2D eigenvalue weighted by atomic mass is 32.2. The fourth-order valence-corrected chi connectivity index (χ4v) is 5.46. The summed E-state index contributed by atoms with van der Waals surface area (Å²) in [7, 11) is -1.11. The van der Waals surface area contributed by atoms with Crippen LogP contribution in [0.1, 0.15) is 47.2 Å².